The lowest BCUT2D eigenvalue weighted by Gasteiger charge is -2.43. The fourth-order valence-electron chi connectivity index (χ4n) is 3.43. The molecule has 2 aliphatic rings. The van der Waals surface area contributed by atoms with E-state index in [1.54, 1.807) is 0 Å². The first-order valence-corrected chi connectivity index (χ1v) is 7.16. The minimum absolute atomic E-state index is 0.677. The Hall–Kier alpha value is -0.870. The molecular formula is C14H23N3O. The molecule has 1 aromatic heterocycles. The van der Waals surface area contributed by atoms with E-state index in [9.17, 15) is 0 Å². The molecule has 2 fully saturated rings. The Bertz CT molecular complexity index is 403. The summed E-state index contributed by atoms with van der Waals surface area (Å²) in [6.45, 7) is 8.94. The molecule has 3 rings (SSSR count). The number of piperazine rings is 1. The highest BCUT2D eigenvalue weighted by Crippen LogP contribution is 2.26. The van der Waals surface area contributed by atoms with Crippen LogP contribution in [0.2, 0.25) is 0 Å². The van der Waals surface area contributed by atoms with E-state index in [0.29, 0.717) is 6.04 Å². The van der Waals surface area contributed by atoms with Crippen LogP contribution in [0.5, 0.6) is 0 Å². The number of rotatable bonds is 3. The van der Waals surface area contributed by atoms with Crippen molar-refractivity contribution < 1.29 is 4.52 Å². The van der Waals surface area contributed by atoms with Crippen molar-refractivity contribution in [2.24, 2.45) is 0 Å². The smallest absolute Gasteiger partial charge is 0.133 e. The van der Waals surface area contributed by atoms with Gasteiger partial charge in [0.15, 0.2) is 0 Å². The molecule has 4 heteroatoms. The minimum Gasteiger partial charge on any atom is -0.361 e. The maximum Gasteiger partial charge on any atom is 0.133 e. The van der Waals surface area contributed by atoms with E-state index < -0.39 is 0 Å². The maximum atomic E-state index is 5.17. The maximum absolute atomic E-state index is 5.17. The molecule has 0 bridgehead atoms. The van der Waals surface area contributed by atoms with Crippen molar-refractivity contribution in [2.45, 2.75) is 51.7 Å². The molecule has 2 atom stereocenters. The fraction of sp³-hybridized carbons (Fsp3) is 0.786. The Morgan fingerprint density at radius 2 is 2.33 bits per heavy atom. The van der Waals surface area contributed by atoms with Crippen molar-refractivity contribution in [1.82, 2.24) is 15.0 Å². The van der Waals surface area contributed by atoms with E-state index in [-0.39, 0.29) is 0 Å². The summed E-state index contributed by atoms with van der Waals surface area (Å²) in [5, 5.41) is 4.13. The van der Waals surface area contributed by atoms with Gasteiger partial charge in [-0.3, -0.25) is 9.80 Å². The normalized spacial score (nSPS) is 29.7. The van der Waals surface area contributed by atoms with Gasteiger partial charge in [-0.15, -0.1) is 0 Å². The van der Waals surface area contributed by atoms with E-state index in [4.69, 9.17) is 4.52 Å². The first-order valence-electron chi connectivity index (χ1n) is 7.16. The highest BCUT2D eigenvalue weighted by Gasteiger charge is 2.35. The number of aryl methyl sites for hydroxylation is 1. The summed E-state index contributed by atoms with van der Waals surface area (Å²) in [4.78, 5) is 5.28. The summed E-state index contributed by atoms with van der Waals surface area (Å²) in [5.41, 5.74) is 1.08. The molecule has 3 heterocycles. The average Bonchev–Trinajstić information content (AvgIpc) is 2.97. The molecule has 2 unspecified atom stereocenters. The summed E-state index contributed by atoms with van der Waals surface area (Å²) in [5.74, 6) is 0.914. The Morgan fingerprint density at radius 3 is 3.06 bits per heavy atom. The Morgan fingerprint density at radius 1 is 1.44 bits per heavy atom. The van der Waals surface area contributed by atoms with Gasteiger partial charge in [0.2, 0.25) is 0 Å². The first kappa shape index (κ1) is 12.2. The van der Waals surface area contributed by atoms with E-state index in [1.165, 1.54) is 38.9 Å². The molecule has 0 amide bonds. The van der Waals surface area contributed by atoms with Gasteiger partial charge in [-0.05, 0) is 32.7 Å². The molecule has 0 spiro atoms. The van der Waals surface area contributed by atoms with Crippen LogP contribution in [0.1, 0.15) is 37.6 Å². The van der Waals surface area contributed by atoms with Gasteiger partial charge in [-0.1, -0.05) is 12.1 Å². The molecule has 0 aliphatic carbocycles. The fourth-order valence-corrected chi connectivity index (χ4v) is 3.43. The van der Waals surface area contributed by atoms with Crippen molar-refractivity contribution in [3.05, 3.63) is 17.5 Å². The number of hydrogen-bond donors (Lipinski definition) is 0. The van der Waals surface area contributed by atoms with Crippen LogP contribution in [0.4, 0.5) is 0 Å². The molecule has 100 valence electrons. The largest absolute Gasteiger partial charge is 0.361 e. The highest BCUT2D eigenvalue weighted by molar-refractivity contribution is 5.04. The van der Waals surface area contributed by atoms with Crippen LogP contribution in [-0.2, 0) is 6.54 Å². The van der Waals surface area contributed by atoms with Crippen molar-refractivity contribution in [2.75, 3.05) is 19.6 Å². The molecule has 0 aromatic carbocycles. The van der Waals surface area contributed by atoms with Crippen LogP contribution in [0.25, 0.3) is 0 Å². The molecule has 2 saturated heterocycles. The van der Waals surface area contributed by atoms with Crippen molar-refractivity contribution in [3.63, 3.8) is 0 Å². The van der Waals surface area contributed by atoms with Gasteiger partial charge in [0.05, 0.1) is 5.69 Å². The summed E-state index contributed by atoms with van der Waals surface area (Å²) in [6.07, 6.45) is 3.96. The summed E-state index contributed by atoms with van der Waals surface area (Å²) < 4.78 is 5.17. The van der Waals surface area contributed by atoms with Gasteiger partial charge >= 0.3 is 0 Å². The molecule has 18 heavy (non-hydrogen) atoms. The second-order valence-electron chi connectivity index (χ2n) is 5.71. The van der Waals surface area contributed by atoms with E-state index in [2.05, 4.69) is 27.9 Å². The average molecular weight is 249 g/mol. The summed E-state index contributed by atoms with van der Waals surface area (Å²) in [6, 6.07) is 3.52. The number of hydrogen-bond acceptors (Lipinski definition) is 4. The van der Waals surface area contributed by atoms with Crippen molar-refractivity contribution in [3.8, 4) is 0 Å². The Kier molecular flexibility index (Phi) is 3.39. The Balaban J connectivity index is 1.69. The molecule has 1 aromatic rings. The van der Waals surface area contributed by atoms with E-state index >= 15 is 0 Å². The molecule has 0 radical (unpaired) electrons. The predicted octanol–water partition coefficient (Wildman–Crippen LogP) is 2.04. The monoisotopic (exact) mass is 249 g/mol. The SMILES string of the molecule is CCC1CN2CCCC2CN1Cc1cc(C)on1. The van der Waals surface area contributed by atoms with Crippen LogP contribution in [0, 0.1) is 6.92 Å². The quantitative estimate of drug-likeness (QED) is 0.820. The van der Waals surface area contributed by atoms with Crippen LogP contribution >= 0.6 is 0 Å². The van der Waals surface area contributed by atoms with E-state index in [1.807, 2.05) is 6.92 Å². The van der Waals surface area contributed by atoms with Gasteiger partial charge in [-0.2, -0.15) is 0 Å². The zero-order chi connectivity index (χ0) is 12.5. The van der Waals surface area contributed by atoms with Gasteiger partial charge in [0.1, 0.15) is 5.76 Å². The van der Waals surface area contributed by atoms with Gasteiger partial charge in [0, 0.05) is 37.8 Å². The van der Waals surface area contributed by atoms with Crippen LogP contribution in [0.15, 0.2) is 10.6 Å². The van der Waals surface area contributed by atoms with Gasteiger partial charge in [0.25, 0.3) is 0 Å². The molecule has 2 aliphatic heterocycles. The van der Waals surface area contributed by atoms with Crippen molar-refractivity contribution >= 4 is 0 Å². The highest BCUT2D eigenvalue weighted by atomic mass is 16.5. The van der Waals surface area contributed by atoms with E-state index in [0.717, 1.165) is 24.0 Å². The zero-order valence-electron chi connectivity index (χ0n) is 11.4. The molecular weight excluding hydrogens is 226 g/mol. The molecule has 4 nitrogen and oxygen atoms in total. The number of nitrogens with zero attached hydrogens (tertiary/aromatic N) is 3. The van der Waals surface area contributed by atoms with Gasteiger partial charge < -0.3 is 4.52 Å². The number of aromatic nitrogens is 1. The third-order valence-electron chi connectivity index (χ3n) is 4.42. The van der Waals surface area contributed by atoms with Crippen LogP contribution in [0.3, 0.4) is 0 Å². The predicted molar refractivity (Wildman–Crippen MR) is 70.3 cm³/mol. The summed E-state index contributed by atoms with van der Waals surface area (Å²) in [7, 11) is 0. The second-order valence-corrected chi connectivity index (χ2v) is 5.71. The Labute approximate surface area is 109 Å². The first-order chi connectivity index (χ1) is 8.76. The molecule has 0 N–H and O–H groups in total. The van der Waals surface area contributed by atoms with Crippen LogP contribution < -0.4 is 0 Å². The minimum atomic E-state index is 0.677. The third kappa shape index (κ3) is 2.31. The number of fused-ring (bicyclic) bond motifs is 1. The van der Waals surface area contributed by atoms with Crippen molar-refractivity contribution in [1.29, 1.82) is 0 Å². The van der Waals surface area contributed by atoms with Gasteiger partial charge in [-0.25, -0.2) is 0 Å². The molecule has 0 saturated carbocycles. The topological polar surface area (TPSA) is 32.5 Å². The lowest BCUT2D eigenvalue weighted by atomic mass is 10.0. The third-order valence-corrected chi connectivity index (χ3v) is 4.42. The van der Waals surface area contributed by atoms with Crippen LogP contribution in [-0.4, -0.2) is 46.7 Å². The zero-order valence-corrected chi connectivity index (χ0v) is 11.4. The second kappa shape index (κ2) is 5.02. The standard InChI is InChI=1S/C14H23N3O/c1-3-13-9-16-6-4-5-14(16)10-17(13)8-12-7-11(2)18-15-12/h7,13-14H,3-6,8-10H2,1-2H3. The lowest BCUT2D eigenvalue weighted by molar-refractivity contribution is 0.0422. The summed E-state index contributed by atoms with van der Waals surface area (Å²) >= 11 is 0. The lowest BCUT2D eigenvalue weighted by Crippen LogP contribution is -2.55.